The van der Waals surface area contributed by atoms with Crippen LogP contribution in [0.1, 0.15) is 48.1 Å². The standard InChI is InChI=1S/C19H23N/c1-13(2)14-7-9-15(10-8-14)19(20)18-11-16-5-3-4-6-17(16)12-18/h3-10,13,18-19H,11-12,20H2,1-2H3. The average Bonchev–Trinajstić information content (AvgIpc) is 2.90. The van der Waals surface area contributed by atoms with Gasteiger partial charge in [-0.25, -0.2) is 0 Å². The summed E-state index contributed by atoms with van der Waals surface area (Å²) in [6, 6.07) is 17.8. The molecule has 2 aromatic rings. The van der Waals surface area contributed by atoms with Gasteiger partial charge in [0.1, 0.15) is 0 Å². The van der Waals surface area contributed by atoms with Crippen LogP contribution in [0.3, 0.4) is 0 Å². The third-order valence-electron chi connectivity index (χ3n) is 4.58. The van der Waals surface area contributed by atoms with E-state index in [2.05, 4.69) is 62.4 Å². The van der Waals surface area contributed by atoms with Gasteiger partial charge in [0.25, 0.3) is 0 Å². The molecule has 0 saturated carbocycles. The zero-order chi connectivity index (χ0) is 14.1. The number of nitrogens with two attached hydrogens (primary N) is 1. The molecule has 3 rings (SSSR count). The van der Waals surface area contributed by atoms with Crippen LogP contribution in [-0.4, -0.2) is 0 Å². The molecule has 1 atom stereocenters. The molecule has 1 unspecified atom stereocenters. The topological polar surface area (TPSA) is 26.0 Å². The largest absolute Gasteiger partial charge is 0.324 e. The molecule has 104 valence electrons. The van der Waals surface area contributed by atoms with E-state index >= 15 is 0 Å². The van der Waals surface area contributed by atoms with E-state index in [4.69, 9.17) is 5.73 Å². The van der Waals surface area contributed by atoms with Crippen molar-refractivity contribution in [2.24, 2.45) is 11.7 Å². The summed E-state index contributed by atoms with van der Waals surface area (Å²) in [6.07, 6.45) is 2.23. The zero-order valence-electron chi connectivity index (χ0n) is 12.3. The van der Waals surface area contributed by atoms with Gasteiger partial charge in [0.2, 0.25) is 0 Å². The molecule has 0 saturated heterocycles. The molecule has 1 nitrogen and oxygen atoms in total. The number of fused-ring (bicyclic) bond motifs is 1. The van der Waals surface area contributed by atoms with E-state index in [-0.39, 0.29) is 6.04 Å². The van der Waals surface area contributed by atoms with Crippen molar-refractivity contribution >= 4 is 0 Å². The maximum atomic E-state index is 6.51. The summed E-state index contributed by atoms with van der Waals surface area (Å²) < 4.78 is 0. The summed E-state index contributed by atoms with van der Waals surface area (Å²) in [4.78, 5) is 0. The lowest BCUT2D eigenvalue weighted by Gasteiger charge is -2.20. The van der Waals surface area contributed by atoms with Crippen LogP contribution in [0.2, 0.25) is 0 Å². The fourth-order valence-electron chi connectivity index (χ4n) is 3.22. The minimum Gasteiger partial charge on any atom is -0.324 e. The van der Waals surface area contributed by atoms with Gasteiger partial charge in [-0.3, -0.25) is 0 Å². The summed E-state index contributed by atoms with van der Waals surface area (Å²) in [5.74, 6) is 1.12. The van der Waals surface area contributed by atoms with Crippen molar-refractivity contribution in [2.75, 3.05) is 0 Å². The van der Waals surface area contributed by atoms with Crippen LogP contribution < -0.4 is 5.73 Å². The lowest BCUT2D eigenvalue weighted by atomic mass is 9.90. The minimum atomic E-state index is 0.142. The van der Waals surface area contributed by atoms with Crippen LogP contribution in [0.4, 0.5) is 0 Å². The summed E-state index contributed by atoms with van der Waals surface area (Å²) in [5.41, 5.74) is 12.1. The van der Waals surface area contributed by atoms with E-state index in [1.165, 1.54) is 22.3 Å². The zero-order valence-corrected chi connectivity index (χ0v) is 12.3. The van der Waals surface area contributed by atoms with Gasteiger partial charge in [-0.2, -0.15) is 0 Å². The Morgan fingerprint density at radius 2 is 1.35 bits per heavy atom. The summed E-state index contributed by atoms with van der Waals surface area (Å²) >= 11 is 0. The Labute approximate surface area is 121 Å². The molecule has 0 heterocycles. The van der Waals surface area contributed by atoms with E-state index in [1.807, 2.05) is 0 Å². The van der Waals surface area contributed by atoms with Crippen molar-refractivity contribution in [1.29, 1.82) is 0 Å². The fraction of sp³-hybridized carbons (Fsp3) is 0.368. The smallest absolute Gasteiger partial charge is 0.0329 e. The lowest BCUT2D eigenvalue weighted by Crippen LogP contribution is -2.21. The molecular formula is C19H23N. The number of rotatable bonds is 3. The molecule has 0 aliphatic heterocycles. The highest BCUT2D eigenvalue weighted by molar-refractivity contribution is 5.34. The predicted molar refractivity (Wildman–Crippen MR) is 84.8 cm³/mol. The number of hydrogen-bond donors (Lipinski definition) is 1. The van der Waals surface area contributed by atoms with Crippen LogP contribution in [0.25, 0.3) is 0 Å². The molecule has 0 radical (unpaired) electrons. The normalized spacial score (nSPS) is 16.4. The first-order valence-corrected chi connectivity index (χ1v) is 7.57. The quantitative estimate of drug-likeness (QED) is 0.883. The molecule has 1 aliphatic carbocycles. The van der Waals surface area contributed by atoms with Crippen molar-refractivity contribution in [3.8, 4) is 0 Å². The van der Waals surface area contributed by atoms with Crippen molar-refractivity contribution in [3.63, 3.8) is 0 Å². The van der Waals surface area contributed by atoms with Crippen molar-refractivity contribution in [2.45, 2.75) is 38.6 Å². The Hall–Kier alpha value is -1.60. The fourth-order valence-corrected chi connectivity index (χ4v) is 3.22. The van der Waals surface area contributed by atoms with E-state index in [1.54, 1.807) is 0 Å². The molecule has 1 aliphatic rings. The Kier molecular flexibility index (Phi) is 3.62. The SMILES string of the molecule is CC(C)c1ccc(C(N)C2Cc3ccccc3C2)cc1. The molecule has 0 spiro atoms. The van der Waals surface area contributed by atoms with Crippen molar-refractivity contribution < 1.29 is 0 Å². The monoisotopic (exact) mass is 265 g/mol. The lowest BCUT2D eigenvalue weighted by molar-refractivity contribution is 0.453. The van der Waals surface area contributed by atoms with E-state index in [0.717, 1.165) is 12.8 Å². The van der Waals surface area contributed by atoms with Gasteiger partial charge in [0.15, 0.2) is 0 Å². The van der Waals surface area contributed by atoms with Gasteiger partial charge in [0.05, 0.1) is 0 Å². The van der Waals surface area contributed by atoms with Crippen LogP contribution in [0.5, 0.6) is 0 Å². The van der Waals surface area contributed by atoms with Crippen LogP contribution in [-0.2, 0) is 12.8 Å². The first-order valence-electron chi connectivity index (χ1n) is 7.57. The first kappa shape index (κ1) is 13.4. The summed E-state index contributed by atoms with van der Waals surface area (Å²) in [7, 11) is 0. The molecule has 0 aromatic heterocycles. The predicted octanol–water partition coefficient (Wildman–Crippen LogP) is 4.22. The van der Waals surface area contributed by atoms with Crippen LogP contribution in [0.15, 0.2) is 48.5 Å². The molecule has 20 heavy (non-hydrogen) atoms. The second-order valence-electron chi connectivity index (χ2n) is 6.28. The molecule has 0 fully saturated rings. The second-order valence-corrected chi connectivity index (χ2v) is 6.28. The highest BCUT2D eigenvalue weighted by Gasteiger charge is 2.27. The first-order chi connectivity index (χ1) is 9.65. The molecule has 0 bridgehead atoms. The molecular weight excluding hydrogens is 242 g/mol. The van der Waals surface area contributed by atoms with Gasteiger partial charge in [-0.15, -0.1) is 0 Å². The summed E-state index contributed by atoms with van der Waals surface area (Å²) in [6.45, 7) is 4.45. The van der Waals surface area contributed by atoms with Gasteiger partial charge in [-0.05, 0) is 46.9 Å². The van der Waals surface area contributed by atoms with Crippen molar-refractivity contribution in [1.82, 2.24) is 0 Å². The minimum absolute atomic E-state index is 0.142. The Morgan fingerprint density at radius 3 is 1.85 bits per heavy atom. The van der Waals surface area contributed by atoms with Gasteiger partial charge in [0, 0.05) is 6.04 Å². The number of benzene rings is 2. The van der Waals surface area contributed by atoms with Crippen molar-refractivity contribution in [3.05, 3.63) is 70.8 Å². The van der Waals surface area contributed by atoms with E-state index in [0.29, 0.717) is 11.8 Å². The third-order valence-corrected chi connectivity index (χ3v) is 4.58. The molecule has 1 heteroatoms. The Bertz CT molecular complexity index is 558. The van der Waals surface area contributed by atoms with Gasteiger partial charge < -0.3 is 5.73 Å². The average molecular weight is 265 g/mol. The van der Waals surface area contributed by atoms with Crippen LogP contribution >= 0.6 is 0 Å². The highest BCUT2D eigenvalue weighted by Crippen LogP contribution is 2.34. The summed E-state index contributed by atoms with van der Waals surface area (Å²) in [5, 5.41) is 0. The van der Waals surface area contributed by atoms with E-state index in [9.17, 15) is 0 Å². The molecule has 2 aromatic carbocycles. The number of hydrogen-bond acceptors (Lipinski definition) is 1. The highest BCUT2D eigenvalue weighted by atomic mass is 14.7. The Morgan fingerprint density at radius 1 is 0.850 bits per heavy atom. The van der Waals surface area contributed by atoms with E-state index < -0.39 is 0 Å². The van der Waals surface area contributed by atoms with Crippen LogP contribution in [0, 0.1) is 5.92 Å². The molecule has 2 N–H and O–H groups in total. The molecule has 0 amide bonds. The second kappa shape index (κ2) is 5.41. The Balaban J connectivity index is 1.76. The maximum absolute atomic E-state index is 6.51. The maximum Gasteiger partial charge on any atom is 0.0329 e. The van der Waals surface area contributed by atoms with Gasteiger partial charge in [-0.1, -0.05) is 62.4 Å². The van der Waals surface area contributed by atoms with Gasteiger partial charge >= 0.3 is 0 Å². The third kappa shape index (κ3) is 2.51.